The molecule has 1 aromatic heterocycles. The topological polar surface area (TPSA) is 67.3 Å². The van der Waals surface area contributed by atoms with Gasteiger partial charge in [0.05, 0.1) is 0 Å². The second kappa shape index (κ2) is 4.01. The number of carbonyl (C=O) groups is 2. The molecule has 0 bridgehead atoms. The van der Waals surface area contributed by atoms with E-state index in [4.69, 9.17) is 5.11 Å². The minimum absolute atomic E-state index is 0.314. The van der Waals surface area contributed by atoms with E-state index in [1.165, 1.54) is 6.20 Å². The normalized spacial score (nSPS) is 11.1. The third-order valence-electron chi connectivity index (χ3n) is 1.52. The van der Waals surface area contributed by atoms with Gasteiger partial charge in [-0.2, -0.15) is 8.78 Å². The van der Waals surface area contributed by atoms with Gasteiger partial charge in [0, 0.05) is 22.4 Å². The highest BCUT2D eigenvalue weighted by Crippen LogP contribution is 2.21. The van der Waals surface area contributed by atoms with Gasteiger partial charge in [-0.05, 0) is 22.0 Å². The number of carboxylic acid groups (broad SMARTS) is 1. The number of aliphatic carboxylic acids is 1. The number of hydrogen-bond donors (Lipinski definition) is 1. The number of aromatic nitrogens is 1. The molecule has 1 N–H and O–H groups in total. The highest BCUT2D eigenvalue weighted by Gasteiger charge is 2.48. The van der Waals surface area contributed by atoms with E-state index in [1.807, 2.05) is 0 Å². The number of ketones is 1. The van der Waals surface area contributed by atoms with Crippen LogP contribution in [0.2, 0.25) is 0 Å². The summed E-state index contributed by atoms with van der Waals surface area (Å²) in [6.07, 6.45) is 2.17. The number of carboxylic acids is 1. The smallest absolute Gasteiger partial charge is 0.404 e. The predicted molar refractivity (Wildman–Crippen MR) is 48.9 cm³/mol. The molecule has 0 aliphatic rings. The van der Waals surface area contributed by atoms with Crippen molar-refractivity contribution in [2.45, 2.75) is 5.92 Å². The molecule has 15 heavy (non-hydrogen) atoms. The van der Waals surface area contributed by atoms with Crippen molar-refractivity contribution in [2.75, 3.05) is 0 Å². The van der Waals surface area contributed by atoms with Crippen molar-refractivity contribution in [1.82, 2.24) is 4.98 Å². The molecule has 0 fully saturated rings. The molecule has 0 saturated carbocycles. The van der Waals surface area contributed by atoms with Gasteiger partial charge < -0.3 is 5.11 Å². The van der Waals surface area contributed by atoms with Crippen LogP contribution in [0.25, 0.3) is 0 Å². The Kier molecular flexibility index (Phi) is 3.13. The molecule has 0 spiro atoms. The van der Waals surface area contributed by atoms with Gasteiger partial charge in [-0.3, -0.25) is 9.78 Å². The molecule has 1 aromatic rings. The number of pyridine rings is 1. The van der Waals surface area contributed by atoms with Crippen molar-refractivity contribution in [3.05, 3.63) is 28.5 Å². The third kappa shape index (κ3) is 2.35. The number of halogens is 3. The minimum atomic E-state index is -4.43. The summed E-state index contributed by atoms with van der Waals surface area (Å²) < 4.78 is 25.8. The number of nitrogens with zero attached hydrogens (tertiary/aromatic N) is 1. The van der Waals surface area contributed by atoms with Crippen LogP contribution in [0.15, 0.2) is 22.9 Å². The van der Waals surface area contributed by atoms with Crippen molar-refractivity contribution in [3.63, 3.8) is 0 Å². The molecule has 0 aliphatic carbocycles. The number of alkyl halides is 2. The van der Waals surface area contributed by atoms with E-state index in [1.54, 1.807) is 0 Å². The quantitative estimate of drug-likeness (QED) is 0.676. The first-order valence-corrected chi connectivity index (χ1v) is 4.41. The molecule has 0 aliphatic heterocycles. The molecule has 0 atom stereocenters. The van der Waals surface area contributed by atoms with Crippen LogP contribution < -0.4 is 0 Å². The molecule has 80 valence electrons. The lowest BCUT2D eigenvalue weighted by atomic mass is 10.1. The summed E-state index contributed by atoms with van der Waals surface area (Å²) in [5, 5.41) is 8.14. The maximum Gasteiger partial charge on any atom is 0.404 e. The van der Waals surface area contributed by atoms with Crippen LogP contribution in [-0.4, -0.2) is 27.8 Å². The molecule has 0 unspecified atom stereocenters. The molecule has 1 heterocycles. The predicted octanol–water partition coefficient (Wildman–Crippen LogP) is 1.75. The summed E-state index contributed by atoms with van der Waals surface area (Å²) in [6, 6.07) is 1.08. The van der Waals surface area contributed by atoms with Crippen molar-refractivity contribution >= 4 is 27.7 Å². The second-order valence-corrected chi connectivity index (χ2v) is 3.52. The van der Waals surface area contributed by atoms with Gasteiger partial charge in [0.1, 0.15) is 0 Å². The van der Waals surface area contributed by atoms with E-state index in [0.29, 0.717) is 4.47 Å². The van der Waals surface area contributed by atoms with Gasteiger partial charge in [-0.25, -0.2) is 4.79 Å². The lowest BCUT2D eigenvalue weighted by Crippen LogP contribution is -2.37. The van der Waals surface area contributed by atoms with Gasteiger partial charge in [-0.1, -0.05) is 0 Å². The van der Waals surface area contributed by atoms with E-state index in [-0.39, 0.29) is 0 Å². The maximum atomic E-state index is 12.8. The van der Waals surface area contributed by atoms with Crippen molar-refractivity contribution in [1.29, 1.82) is 0 Å². The van der Waals surface area contributed by atoms with E-state index in [9.17, 15) is 18.4 Å². The Morgan fingerprint density at radius 2 is 2.00 bits per heavy atom. The number of Topliss-reactive ketones (excluding diaryl/α,β-unsaturated/α-hetero) is 1. The standard InChI is InChI=1S/C8H4BrF2NO3/c9-5-1-4(2-12-3-5)6(13)8(10,11)7(14)15/h1-3H,(H,14,15). The molecule has 0 radical (unpaired) electrons. The fraction of sp³-hybridized carbons (Fsp3) is 0.125. The van der Waals surface area contributed by atoms with Crippen molar-refractivity contribution in [3.8, 4) is 0 Å². The molecular formula is C8H4BrF2NO3. The van der Waals surface area contributed by atoms with E-state index < -0.39 is 23.2 Å². The third-order valence-corrected chi connectivity index (χ3v) is 1.95. The van der Waals surface area contributed by atoms with Crippen LogP contribution in [0.1, 0.15) is 10.4 Å². The average Bonchev–Trinajstić information content (AvgIpc) is 2.16. The average molecular weight is 280 g/mol. The Morgan fingerprint density at radius 3 is 2.47 bits per heavy atom. The zero-order valence-electron chi connectivity index (χ0n) is 7.08. The van der Waals surface area contributed by atoms with Crippen LogP contribution in [-0.2, 0) is 4.79 Å². The first kappa shape index (κ1) is 11.7. The molecule has 4 nitrogen and oxygen atoms in total. The van der Waals surface area contributed by atoms with Gasteiger partial charge >= 0.3 is 11.9 Å². The highest BCUT2D eigenvalue weighted by molar-refractivity contribution is 9.10. The van der Waals surface area contributed by atoms with Gasteiger partial charge in [-0.15, -0.1) is 0 Å². The molecule has 7 heteroatoms. The Hall–Kier alpha value is -1.37. The fourth-order valence-electron chi connectivity index (χ4n) is 0.814. The van der Waals surface area contributed by atoms with Crippen LogP contribution in [0.4, 0.5) is 8.78 Å². The Balaban J connectivity index is 3.10. The number of hydrogen-bond acceptors (Lipinski definition) is 3. The summed E-state index contributed by atoms with van der Waals surface area (Å²) >= 11 is 2.93. The number of carbonyl (C=O) groups excluding carboxylic acids is 1. The SMILES string of the molecule is O=C(O)C(F)(F)C(=O)c1cncc(Br)c1. The maximum absolute atomic E-state index is 12.8. The Morgan fingerprint density at radius 1 is 1.40 bits per heavy atom. The number of rotatable bonds is 3. The summed E-state index contributed by atoms with van der Waals surface area (Å²) in [7, 11) is 0. The zero-order valence-corrected chi connectivity index (χ0v) is 8.66. The van der Waals surface area contributed by atoms with Crippen LogP contribution in [0.5, 0.6) is 0 Å². The Labute approximate surface area is 91.1 Å². The summed E-state index contributed by atoms with van der Waals surface area (Å²) in [6.45, 7) is 0. The van der Waals surface area contributed by atoms with Gasteiger partial charge in [0.25, 0.3) is 0 Å². The molecule has 1 rings (SSSR count). The van der Waals surface area contributed by atoms with Gasteiger partial charge in [0.2, 0.25) is 5.78 Å². The summed E-state index contributed by atoms with van der Waals surface area (Å²) in [4.78, 5) is 24.7. The largest absolute Gasteiger partial charge is 0.476 e. The monoisotopic (exact) mass is 279 g/mol. The van der Waals surface area contributed by atoms with Crippen molar-refractivity contribution < 1.29 is 23.5 Å². The lowest BCUT2D eigenvalue weighted by molar-refractivity contribution is -0.157. The van der Waals surface area contributed by atoms with E-state index >= 15 is 0 Å². The summed E-state index contributed by atoms with van der Waals surface area (Å²) in [5.74, 6) is -8.70. The van der Waals surface area contributed by atoms with Gasteiger partial charge in [0.15, 0.2) is 0 Å². The van der Waals surface area contributed by atoms with E-state index in [0.717, 1.165) is 12.3 Å². The van der Waals surface area contributed by atoms with Crippen molar-refractivity contribution in [2.24, 2.45) is 0 Å². The van der Waals surface area contributed by atoms with Crippen LogP contribution in [0.3, 0.4) is 0 Å². The second-order valence-electron chi connectivity index (χ2n) is 2.60. The summed E-state index contributed by atoms with van der Waals surface area (Å²) in [5.41, 5.74) is -0.461. The first-order valence-electron chi connectivity index (χ1n) is 3.62. The fourth-order valence-corrected chi connectivity index (χ4v) is 1.18. The highest BCUT2D eigenvalue weighted by atomic mass is 79.9. The molecule has 0 aromatic carbocycles. The van der Waals surface area contributed by atoms with E-state index in [2.05, 4.69) is 20.9 Å². The first-order chi connectivity index (χ1) is 6.85. The molecule has 0 amide bonds. The Bertz CT molecular complexity index is 422. The molecular weight excluding hydrogens is 276 g/mol. The minimum Gasteiger partial charge on any atom is -0.476 e. The lowest BCUT2D eigenvalue weighted by Gasteiger charge is -2.09. The van der Waals surface area contributed by atoms with Crippen LogP contribution in [0, 0.1) is 0 Å². The molecule has 0 saturated heterocycles. The van der Waals surface area contributed by atoms with Crippen LogP contribution >= 0.6 is 15.9 Å². The zero-order chi connectivity index (χ0) is 11.6.